The van der Waals surface area contributed by atoms with E-state index in [1.165, 1.54) is 11.1 Å². The number of hydrogen-bond donors (Lipinski definition) is 2. The molecular formula is C25H27N5O. The molecule has 1 fully saturated rings. The molecule has 158 valence electrons. The van der Waals surface area contributed by atoms with Gasteiger partial charge in [-0.25, -0.2) is 9.97 Å². The highest BCUT2D eigenvalue weighted by Crippen LogP contribution is 2.50. The maximum atomic E-state index is 9.94. The number of aliphatic hydroxyl groups is 1. The van der Waals surface area contributed by atoms with Crippen molar-refractivity contribution in [3.63, 3.8) is 0 Å². The van der Waals surface area contributed by atoms with Crippen LogP contribution in [0.1, 0.15) is 47.0 Å². The normalized spacial score (nSPS) is 19.8. The fraction of sp³-hybridized carbons (Fsp3) is 0.320. The molecule has 1 spiro atoms. The van der Waals surface area contributed by atoms with E-state index in [1.54, 1.807) is 18.6 Å². The summed E-state index contributed by atoms with van der Waals surface area (Å²) >= 11 is 0. The Morgan fingerprint density at radius 1 is 1.10 bits per heavy atom. The first-order valence-corrected chi connectivity index (χ1v) is 10.8. The molecule has 2 aliphatic rings. The molecule has 1 atom stereocenters. The van der Waals surface area contributed by atoms with Crippen LogP contribution in [0, 0.1) is 5.41 Å². The minimum atomic E-state index is -0.133. The van der Waals surface area contributed by atoms with Crippen LogP contribution in [-0.2, 0) is 13.0 Å². The van der Waals surface area contributed by atoms with Crippen LogP contribution in [0.15, 0.2) is 55.0 Å². The summed E-state index contributed by atoms with van der Waals surface area (Å²) in [7, 11) is 0. The molecule has 3 aromatic rings. The molecule has 1 aliphatic heterocycles. The highest BCUT2D eigenvalue weighted by Gasteiger charge is 2.46. The molecule has 1 aromatic carbocycles. The van der Waals surface area contributed by atoms with Gasteiger partial charge in [-0.15, -0.1) is 0 Å². The first kappa shape index (κ1) is 19.8. The van der Waals surface area contributed by atoms with Gasteiger partial charge >= 0.3 is 0 Å². The number of benzene rings is 1. The summed E-state index contributed by atoms with van der Waals surface area (Å²) in [5, 5.41) is 9.94. The molecule has 0 amide bonds. The van der Waals surface area contributed by atoms with E-state index in [9.17, 15) is 5.11 Å². The van der Waals surface area contributed by atoms with Gasteiger partial charge in [-0.05, 0) is 59.6 Å². The molecule has 1 aliphatic carbocycles. The van der Waals surface area contributed by atoms with Crippen LogP contribution in [0.4, 0.5) is 5.82 Å². The van der Waals surface area contributed by atoms with Crippen molar-refractivity contribution in [3.05, 3.63) is 83.1 Å². The molecule has 0 radical (unpaired) electrons. The third-order valence-corrected chi connectivity index (χ3v) is 6.79. The van der Waals surface area contributed by atoms with E-state index in [1.807, 2.05) is 24.3 Å². The van der Waals surface area contributed by atoms with Crippen LogP contribution in [0.5, 0.6) is 0 Å². The van der Waals surface area contributed by atoms with Crippen LogP contribution in [0.3, 0.4) is 0 Å². The van der Waals surface area contributed by atoms with Crippen molar-refractivity contribution in [1.29, 1.82) is 0 Å². The van der Waals surface area contributed by atoms with Crippen LogP contribution in [-0.4, -0.2) is 33.1 Å². The second-order valence-electron chi connectivity index (χ2n) is 8.54. The molecule has 0 unspecified atom stereocenters. The molecule has 6 heteroatoms. The zero-order chi connectivity index (χ0) is 21.3. The number of fused-ring (bicyclic) bond motifs is 1. The summed E-state index contributed by atoms with van der Waals surface area (Å²) in [6, 6.07) is 12.5. The molecule has 5 rings (SSSR count). The summed E-state index contributed by atoms with van der Waals surface area (Å²) in [5.74, 6) is 0.780. The third-order valence-electron chi connectivity index (χ3n) is 6.79. The SMILES string of the molecule is N[C@@H]1c2ccccc2CC12CCN(c1ncc(C=Cc3ccncc3)nc1CO)CC2. The largest absolute Gasteiger partial charge is 0.390 e. The van der Waals surface area contributed by atoms with Gasteiger partial charge in [-0.2, -0.15) is 0 Å². The fourth-order valence-electron chi connectivity index (χ4n) is 5.01. The number of hydrogen-bond acceptors (Lipinski definition) is 6. The molecule has 3 N–H and O–H groups in total. The standard InChI is InChI=1S/C25H27N5O/c26-23-21-4-2-1-3-19(21)15-25(23)9-13-30(14-10-25)24-22(17-31)29-20(16-28-24)6-5-18-7-11-27-12-8-18/h1-8,11-12,16,23,31H,9-10,13-15,17,26H2/t23-/m1/s1. The number of piperidine rings is 1. The van der Waals surface area contributed by atoms with E-state index < -0.39 is 0 Å². The van der Waals surface area contributed by atoms with E-state index in [-0.39, 0.29) is 18.1 Å². The number of anilines is 1. The first-order chi connectivity index (χ1) is 15.2. The molecular weight excluding hydrogens is 386 g/mol. The quantitative estimate of drug-likeness (QED) is 0.682. The van der Waals surface area contributed by atoms with Crippen molar-refractivity contribution < 1.29 is 5.11 Å². The van der Waals surface area contributed by atoms with Crippen LogP contribution in [0.2, 0.25) is 0 Å². The second-order valence-corrected chi connectivity index (χ2v) is 8.54. The molecule has 0 saturated carbocycles. The van der Waals surface area contributed by atoms with E-state index in [2.05, 4.69) is 44.1 Å². The predicted octanol–water partition coefficient (Wildman–Crippen LogP) is 3.38. The van der Waals surface area contributed by atoms with Crippen LogP contribution in [0.25, 0.3) is 12.2 Å². The maximum Gasteiger partial charge on any atom is 0.152 e. The van der Waals surface area contributed by atoms with Gasteiger partial charge in [-0.1, -0.05) is 30.3 Å². The molecule has 2 aromatic heterocycles. The molecule has 31 heavy (non-hydrogen) atoms. The molecule has 0 bridgehead atoms. The highest BCUT2D eigenvalue weighted by atomic mass is 16.3. The van der Waals surface area contributed by atoms with Crippen molar-refractivity contribution in [3.8, 4) is 0 Å². The summed E-state index contributed by atoms with van der Waals surface area (Å²) < 4.78 is 0. The van der Waals surface area contributed by atoms with Gasteiger partial charge in [0.05, 0.1) is 18.5 Å². The topological polar surface area (TPSA) is 88.2 Å². The zero-order valence-electron chi connectivity index (χ0n) is 17.5. The van der Waals surface area contributed by atoms with Gasteiger partial charge in [0, 0.05) is 31.5 Å². The van der Waals surface area contributed by atoms with Crippen molar-refractivity contribution in [2.75, 3.05) is 18.0 Å². The van der Waals surface area contributed by atoms with E-state index in [0.29, 0.717) is 5.69 Å². The van der Waals surface area contributed by atoms with Gasteiger partial charge in [-0.3, -0.25) is 4.98 Å². The number of pyridine rings is 1. The van der Waals surface area contributed by atoms with Crippen LogP contribution < -0.4 is 10.6 Å². The van der Waals surface area contributed by atoms with Gasteiger partial charge in [0.2, 0.25) is 0 Å². The van der Waals surface area contributed by atoms with Crippen molar-refractivity contribution >= 4 is 18.0 Å². The summed E-state index contributed by atoms with van der Waals surface area (Å²) in [6.45, 7) is 1.61. The maximum absolute atomic E-state index is 9.94. The van der Waals surface area contributed by atoms with Gasteiger partial charge in [0.15, 0.2) is 5.82 Å². The highest BCUT2D eigenvalue weighted by molar-refractivity contribution is 5.67. The lowest BCUT2D eigenvalue weighted by molar-refractivity contribution is 0.186. The average molecular weight is 414 g/mol. The summed E-state index contributed by atoms with van der Waals surface area (Å²) in [4.78, 5) is 15.6. The molecule has 3 heterocycles. The number of nitrogens with zero attached hydrogens (tertiary/aromatic N) is 4. The van der Waals surface area contributed by atoms with E-state index in [0.717, 1.165) is 49.4 Å². The van der Waals surface area contributed by atoms with Gasteiger partial charge in [0.1, 0.15) is 5.69 Å². The lowest BCUT2D eigenvalue weighted by Crippen LogP contribution is -2.45. The van der Waals surface area contributed by atoms with E-state index in [4.69, 9.17) is 5.73 Å². The van der Waals surface area contributed by atoms with Gasteiger partial charge in [0.25, 0.3) is 0 Å². The Morgan fingerprint density at radius 2 is 1.87 bits per heavy atom. The van der Waals surface area contributed by atoms with Crippen molar-refractivity contribution in [1.82, 2.24) is 15.0 Å². The Hall–Kier alpha value is -3.09. The smallest absolute Gasteiger partial charge is 0.152 e. The Labute approximate surface area is 182 Å². The Bertz CT molecular complexity index is 1090. The Balaban J connectivity index is 1.31. The average Bonchev–Trinajstić information content (AvgIpc) is 3.10. The van der Waals surface area contributed by atoms with E-state index >= 15 is 0 Å². The Morgan fingerprint density at radius 3 is 2.61 bits per heavy atom. The second kappa shape index (κ2) is 8.21. The lowest BCUT2D eigenvalue weighted by Gasteiger charge is -2.42. The molecule has 1 saturated heterocycles. The van der Waals surface area contributed by atoms with Crippen LogP contribution >= 0.6 is 0 Å². The van der Waals surface area contributed by atoms with Crippen molar-refractivity contribution in [2.45, 2.75) is 31.9 Å². The first-order valence-electron chi connectivity index (χ1n) is 10.8. The Kier molecular flexibility index (Phi) is 5.26. The zero-order valence-corrected chi connectivity index (χ0v) is 17.5. The van der Waals surface area contributed by atoms with Gasteiger partial charge < -0.3 is 15.7 Å². The minimum absolute atomic E-state index is 0.0925. The summed E-state index contributed by atoms with van der Waals surface area (Å²) in [5.41, 5.74) is 11.9. The summed E-state index contributed by atoms with van der Waals surface area (Å²) in [6.07, 6.45) is 12.2. The number of nitrogens with two attached hydrogens (primary N) is 1. The molecule has 6 nitrogen and oxygen atoms in total. The fourth-order valence-corrected chi connectivity index (χ4v) is 5.01. The van der Waals surface area contributed by atoms with Crippen molar-refractivity contribution in [2.24, 2.45) is 11.1 Å². The predicted molar refractivity (Wildman–Crippen MR) is 122 cm³/mol. The lowest BCUT2D eigenvalue weighted by atomic mass is 9.73. The number of aromatic nitrogens is 3. The monoisotopic (exact) mass is 413 g/mol. The number of aliphatic hydroxyl groups excluding tert-OH is 1. The third kappa shape index (κ3) is 3.73. The number of rotatable bonds is 4. The minimum Gasteiger partial charge on any atom is -0.390 e.